The largest absolute Gasteiger partial charge is 0.135 e. The lowest BCUT2D eigenvalue weighted by Crippen LogP contribution is -2.14. The summed E-state index contributed by atoms with van der Waals surface area (Å²) in [7, 11) is 0. The standard InChI is InChI=1S/4C18H20S.C18H20/c1-5-12-10-17-14(11-15(12)18(2,3)4)13-8-6-7-9-16(13)19-17;1-5-12-15(18(2,3)4)11-10-14-13-8-6-7-9-16(13)19-17(12)14;1-5-12-10-11-14-13-8-6-7-9-15(13)19-17(14)16(12)18(2,3)4;1-5-12-10-11-15-16(17(12)18(2,3)4)13-8-6-7-9-14(13)19-15;1-12-9-16-14(11-17(12)18(2,3)4)10-13-7-5-6-8-15(13)16/h4*6-11H,5H2,1-4H3;5-9,11H,10H2,1-4H3/i4*5D2;1D3. The predicted molar refractivity (Wildman–Crippen MR) is 428 cm³/mol. The molecule has 0 bridgehead atoms. The van der Waals surface area contributed by atoms with Crippen LogP contribution >= 0.6 is 45.3 Å². The Hall–Kier alpha value is -6.92. The molecule has 1 aliphatic carbocycles. The summed E-state index contributed by atoms with van der Waals surface area (Å²) in [6.07, 6.45) is -4.43. The Labute approximate surface area is 594 Å². The van der Waals surface area contributed by atoms with Crippen LogP contribution in [0.1, 0.15) is 213 Å². The van der Waals surface area contributed by atoms with Gasteiger partial charge in [-0.1, -0.05) is 271 Å². The zero-order valence-electron chi connectivity index (χ0n) is 69.7. The van der Waals surface area contributed by atoms with Gasteiger partial charge in [0.2, 0.25) is 0 Å². The van der Waals surface area contributed by atoms with E-state index in [9.17, 15) is 0 Å². The molecule has 10 aromatic carbocycles. The fourth-order valence-corrected chi connectivity index (χ4v) is 18.6. The highest BCUT2D eigenvalue weighted by molar-refractivity contribution is 7.27. The van der Waals surface area contributed by atoms with Crippen molar-refractivity contribution < 1.29 is 15.1 Å². The average Bonchev–Trinajstić information content (AvgIpc) is 1.63. The third kappa shape index (κ3) is 13.8. The fourth-order valence-electron chi connectivity index (χ4n) is 13.6. The van der Waals surface area contributed by atoms with Gasteiger partial charge in [-0.05, 0) is 186 Å². The van der Waals surface area contributed by atoms with E-state index in [1.54, 1.807) is 73.0 Å². The molecular weight excluding hydrogens is 1210 g/mol. The minimum atomic E-state index is -2.07. The molecule has 94 heavy (non-hydrogen) atoms. The quantitative estimate of drug-likeness (QED) is 0.165. The van der Waals surface area contributed by atoms with Gasteiger partial charge >= 0.3 is 0 Å². The summed E-state index contributed by atoms with van der Waals surface area (Å²) in [4.78, 5) is 0. The van der Waals surface area contributed by atoms with Crippen molar-refractivity contribution in [3.05, 3.63) is 249 Å². The lowest BCUT2D eigenvalue weighted by atomic mass is 9.80. The summed E-state index contributed by atoms with van der Waals surface area (Å²) >= 11 is 7.02. The first-order valence-electron chi connectivity index (χ1n) is 38.5. The lowest BCUT2D eigenvalue weighted by molar-refractivity contribution is 0.584. The lowest BCUT2D eigenvalue weighted by Gasteiger charge is -2.24. The molecule has 4 heteroatoms. The molecule has 0 radical (unpaired) electrons. The van der Waals surface area contributed by atoms with Crippen LogP contribution in [0, 0.1) is 6.85 Å². The van der Waals surface area contributed by atoms with Gasteiger partial charge in [-0.15, -0.1) is 45.3 Å². The maximum Gasteiger partial charge on any atom is 0.0395 e. The van der Waals surface area contributed by atoms with E-state index in [0.717, 1.165) is 66.8 Å². The summed E-state index contributed by atoms with van der Waals surface area (Å²) < 4.78 is 99.1. The Bertz CT molecular complexity index is 5380. The van der Waals surface area contributed by atoms with Crippen LogP contribution in [0.15, 0.2) is 182 Å². The summed E-state index contributed by atoms with van der Waals surface area (Å²) in [6, 6.07) is 62.5. The molecule has 0 fully saturated rings. The third-order valence-electron chi connectivity index (χ3n) is 18.1. The predicted octanol–water partition coefficient (Wildman–Crippen LogP) is 28.5. The first-order chi connectivity index (χ1) is 48.4. The van der Waals surface area contributed by atoms with Crippen molar-refractivity contribution in [1.82, 2.24) is 0 Å². The van der Waals surface area contributed by atoms with Crippen LogP contribution in [0.5, 0.6) is 0 Å². The minimum absolute atomic E-state index is 0.0664. The van der Waals surface area contributed by atoms with Gasteiger partial charge in [0.1, 0.15) is 0 Å². The molecular formula is C90H100S4. The number of hydrogen-bond donors (Lipinski definition) is 0. The van der Waals surface area contributed by atoms with Crippen LogP contribution in [0.25, 0.3) is 91.8 Å². The van der Waals surface area contributed by atoms with E-state index in [4.69, 9.17) is 15.1 Å². The number of benzene rings is 10. The van der Waals surface area contributed by atoms with Gasteiger partial charge in [0.05, 0.1) is 0 Å². The molecule has 0 spiro atoms. The highest BCUT2D eigenvalue weighted by atomic mass is 32.1. The van der Waals surface area contributed by atoms with E-state index in [-0.39, 0.29) is 27.1 Å². The van der Waals surface area contributed by atoms with Crippen molar-refractivity contribution in [2.75, 3.05) is 0 Å². The number of rotatable bonds is 4. The minimum Gasteiger partial charge on any atom is -0.135 e. The van der Waals surface area contributed by atoms with Gasteiger partial charge in [-0.2, -0.15) is 0 Å². The molecule has 0 saturated heterocycles. The number of aryl methyl sites for hydroxylation is 5. The van der Waals surface area contributed by atoms with E-state index in [2.05, 4.69) is 243 Å². The molecule has 0 amide bonds. The number of thiophene rings is 4. The van der Waals surface area contributed by atoms with Crippen molar-refractivity contribution in [3.63, 3.8) is 0 Å². The second-order valence-corrected chi connectivity index (χ2v) is 34.3. The van der Waals surface area contributed by atoms with E-state index < -0.39 is 32.3 Å². The first kappa shape index (κ1) is 55.2. The van der Waals surface area contributed by atoms with E-state index in [1.807, 2.05) is 42.5 Å². The maximum absolute atomic E-state index is 8.32. The summed E-state index contributed by atoms with van der Waals surface area (Å²) in [5, 5.41) is 9.90. The van der Waals surface area contributed by atoms with Gasteiger partial charge in [0.25, 0.3) is 0 Å². The highest BCUT2D eigenvalue weighted by Crippen LogP contribution is 2.46. The SMILES string of the molecule is [2H]C([2H])(C)c1c(C(C)(C)C)ccc2c1sc1ccccc12.[2H]C([2H])(C)c1cc2sc3ccccc3c2cc1C(C)(C)C.[2H]C([2H])(C)c1ccc2c(sc3ccccc32)c1C(C)(C)C.[2H]C([2H])(C)c1ccc2sc3ccccc3c2c1C(C)(C)C.[2H]C([2H])([2H])c1cc2c(cc1C(C)(C)C)Cc1ccccc1-2. The topological polar surface area (TPSA) is 0 Å². The van der Waals surface area contributed by atoms with Gasteiger partial charge < -0.3 is 0 Å². The molecule has 4 heterocycles. The summed E-state index contributed by atoms with van der Waals surface area (Å²) in [5.74, 6) is 0. The van der Waals surface area contributed by atoms with Crippen LogP contribution in [0.3, 0.4) is 0 Å². The molecule has 0 nitrogen and oxygen atoms in total. The zero-order chi connectivity index (χ0) is 77.1. The molecule has 15 rings (SSSR count). The fraction of sp³-hybridized carbons (Fsp3) is 0.333. The first-order valence-corrected chi connectivity index (χ1v) is 36.3. The average molecular weight is 1320 g/mol. The Balaban J connectivity index is 0.000000131. The van der Waals surface area contributed by atoms with Crippen LogP contribution in [0.2, 0.25) is 0 Å². The molecule has 0 unspecified atom stereocenters. The van der Waals surface area contributed by atoms with E-state index in [1.165, 1.54) is 92.7 Å². The van der Waals surface area contributed by atoms with E-state index in [0.29, 0.717) is 5.56 Å². The third-order valence-corrected chi connectivity index (χ3v) is 22.7. The van der Waals surface area contributed by atoms with Crippen molar-refractivity contribution in [3.8, 4) is 11.1 Å². The molecule has 14 aromatic rings. The maximum atomic E-state index is 8.32. The van der Waals surface area contributed by atoms with Crippen molar-refractivity contribution in [2.24, 2.45) is 0 Å². The van der Waals surface area contributed by atoms with Crippen LogP contribution in [-0.2, 0) is 59.0 Å². The second kappa shape index (κ2) is 26.9. The van der Waals surface area contributed by atoms with E-state index >= 15 is 0 Å². The molecule has 1 aliphatic rings. The molecule has 0 N–H and O–H groups in total. The number of hydrogen-bond acceptors (Lipinski definition) is 4. The van der Waals surface area contributed by atoms with Gasteiger partial charge in [-0.3, -0.25) is 0 Å². The molecule has 484 valence electrons. The Kier molecular flexibility index (Phi) is 15.8. The van der Waals surface area contributed by atoms with Gasteiger partial charge in [0.15, 0.2) is 0 Å². The molecule has 0 saturated carbocycles. The summed E-state index contributed by atoms with van der Waals surface area (Å²) in [6.45, 7) is 36.7. The normalized spacial score (nSPS) is 15.1. The van der Waals surface area contributed by atoms with Crippen molar-refractivity contribution in [1.29, 1.82) is 0 Å². The van der Waals surface area contributed by atoms with Gasteiger partial charge in [-0.25, -0.2) is 0 Å². The Morgan fingerprint density at radius 2 is 0.798 bits per heavy atom. The van der Waals surface area contributed by atoms with Crippen molar-refractivity contribution >= 4 is 126 Å². The Morgan fingerprint density at radius 3 is 1.35 bits per heavy atom. The number of fused-ring (bicyclic) bond motifs is 15. The molecule has 0 atom stereocenters. The highest BCUT2D eigenvalue weighted by Gasteiger charge is 2.27. The Morgan fingerprint density at radius 1 is 0.330 bits per heavy atom. The smallest absolute Gasteiger partial charge is 0.0395 e. The summed E-state index contributed by atoms with van der Waals surface area (Å²) in [5.41, 5.74) is 13.5. The van der Waals surface area contributed by atoms with Gasteiger partial charge in [0, 0.05) is 95.8 Å². The molecule has 0 aliphatic heterocycles. The molecule has 4 aromatic heterocycles. The van der Waals surface area contributed by atoms with Crippen LogP contribution < -0.4 is 0 Å². The zero-order valence-corrected chi connectivity index (χ0v) is 61.9. The monoisotopic (exact) mass is 1320 g/mol. The van der Waals surface area contributed by atoms with Crippen LogP contribution in [0.4, 0.5) is 0 Å². The van der Waals surface area contributed by atoms with Crippen molar-refractivity contribution in [2.45, 2.75) is 197 Å². The second-order valence-electron chi connectivity index (χ2n) is 30.0. The van der Waals surface area contributed by atoms with Crippen LogP contribution in [-0.4, -0.2) is 0 Å².